The quantitative estimate of drug-likeness (QED) is 0.734. The Bertz CT molecular complexity index is 943. The number of hydrogen-bond acceptors (Lipinski definition) is 3. The monoisotopic (exact) mass is 320 g/mol. The Morgan fingerprint density at radius 3 is 2.33 bits per heavy atom. The fourth-order valence-corrected chi connectivity index (χ4v) is 4.33. The molecule has 0 saturated heterocycles. The van der Waals surface area contributed by atoms with Crippen molar-refractivity contribution in [3.8, 4) is 5.69 Å². The molecule has 0 aliphatic heterocycles. The molecule has 4 nitrogen and oxygen atoms in total. The summed E-state index contributed by atoms with van der Waals surface area (Å²) in [5.41, 5.74) is 15.1. The van der Waals surface area contributed by atoms with Crippen molar-refractivity contribution in [3.05, 3.63) is 45.9 Å². The van der Waals surface area contributed by atoms with Crippen molar-refractivity contribution in [1.29, 1.82) is 0 Å². The minimum atomic E-state index is 0.622. The maximum absolute atomic E-state index is 6.31. The van der Waals surface area contributed by atoms with Gasteiger partial charge < -0.3 is 5.73 Å². The van der Waals surface area contributed by atoms with E-state index in [0.717, 1.165) is 29.7 Å². The second-order valence-electron chi connectivity index (χ2n) is 7.07. The Hall–Kier alpha value is -2.36. The molecule has 1 aromatic carbocycles. The number of hydrogen-bond donors (Lipinski definition) is 1. The zero-order valence-electron chi connectivity index (χ0n) is 14.9. The van der Waals surface area contributed by atoms with Crippen molar-refractivity contribution in [2.75, 3.05) is 5.73 Å². The molecule has 1 aliphatic carbocycles. The minimum Gasteiger partial charge on any atom is -0.383 e. The van der Waals surface area contributed by atoms with Crippen LogP contribution in [-0.2, 0) is 12.8 Å². The van der Waals surface area contributed by atoms with Gasteiger partial charge in [-0.1, -0.05) is 17.7 Å². The van der Waals surface area contributed by atoms with E-state index in [2.05, 4.69) is 42.5 Å². The number of nitrogens with zero attached hydrogens (tertiary/aromatic N) is 3. The highest BCUT2D eigenvalue weighted by molar-refractivity contribution is 5.93. The summed E-state index contributed by atoms with van der Waals surface area (Å²) in [6, 6.07) is 4.50. The third kappa shape index (κ3) is 2.13. The van der Waals surface area contributed by atoms with Crippen LogP contribution in [0.5, 0.6) is 0 Å². The normalized spacial score (nSPS) is 14.2. The van der Waals surface area contributed by atoms with E-state index in [1.807, 2.05) is 6.92 Å². The fourth-order valence-electron chi connectivity index (χ4n) is 4.33. The summed E-state index contributed by atoms with van der Waals surface area (Å²) in [5.74, 6) is 1.36. The van der Waals surface area contributed by atoms with E-state index in [4.69, 9.17) is 10.7 Å². The first-order valence-electron chi connectivity index (χ1n) is 8.72. The maximum Gasteiger partial charge on any atom is 0.150 e. The Morgan fingerprint density at radius 2 is 1.62 bits per heavy atom. The number of fused-ring (bicyclic) bond motifs is 3. The van der Waals surface area contributed by atoms with Crippen LogP contribution in [0, 0.1) is 27.7 Å². The van der Waals surface area contributed by atoms with E-state index in [-0.39, 0.29) is 0 Å². The molecule has 1 aliphatic rings. The second kappa shape index (κ2) is 5.33. The van der Waals surface area contributed by atoms with Crippen LogP contribution in [0.15, 0.2) is 12.1 Å². The van der Waals surface area contributed by atoms with E-state index in [1.165, 1.54) is 46.5 Å². The number of rotatable bonds is 1. The van der Waals surface area contributed by atoms with E-state index >= 15 is 0 Å². The topological polar surface area (TPSA) is 56.7 Å². The van der Waals surface area contributed by atoms with Gasteiger partial charge in [-0.05, 0) is 70.1 Å². The molecule has 0 fully saturated rings. The molecule has 0 atom stereocenters. The average molecular weight is 320 g/mol. The van der Waals surface area contributed by atoms with E-state index in [9.17, 15) is 0 Å². The molecule has 0 bridgehead atoms. The summed E-state index contributed by atoms with van der Waals surface area (Å²) in [5, 5.41) is 1.06. The van der Waals surface area contributed by atoms with Gasteiger partial charge in [-0.2, -0.15) is 0 Å². The lowest BCUT2D eigenvalue weighted by Gasteiger charge is -2.19. The highest BCUT2D eigenvalue weighted by atomic mass is 15.1. The smallest absolute Gasteiger partial charge is 0.150 e. The molecule has 3 aromatic rings. The van der Waals surface area contributed by atoms with Crippen LogP contribution in [0.1, 0.15) is 46.6 Å². The predicted molar refractivity (Wildman–Crippen MR) is 98.9 cm³/mol. The highest BCUT2D eigenvalue weighted by Crippen LogP contribution is 2.37. The number of nitrogen functional groups attached to an aromatic ring is 1. The lowest BCUT2D eigenvalue weighted by atomic mass is 9.95. The molecule has 4 rings (SSSR count). The van der Waals surface area contributed by atoms with Crippen molar-refractivity contribution in [2.24, 2.45) is 0 Å². The lowest BCUT2D eigenvalue weighted by molar-refractivity contribution is 0.665. The molecule has 0 unspecified atom stereocenters. The number of benzene rings is 1. The molecule has 0 saturated carbocycles. The second-order valence-corrected chi connectivity index (χ2v) is 7.07. The Balaban J connectivity index is 2.17. The number of aromatic nitrogens is 3. The summed E-state index contributed by atoms with van der Waals surface area (Å²) in [6.07, 6.45) is 4.58. The fraction of sp³-hybridized carbons (Fsp3) is 0.400. The Morgan fingerprint density at radius 1 is 0.958 bits per heavy atom. The molecule has 2 heterocycles. The minimum absolute atomic E-state index is 0.622. The summed E-state index contributed by atoms with van der Waals surface area (Å²) >= 11 is 0. The van der Waals surface area contributed by atoms with Gasteiger partial charge in [-0.3, -0.25) is 4.57 Å². The van der Waals surface area contributed by atoms with Gasteiger partial charge >= 0.3 is 0 Å². The van der Waals surface area contributed by atoms with Gasteiger partial charge in [0, 0.05) is 5.69 Å². The third-order valence-corrected chi connectivity index (χ3v) is 5.11. The summed E-state index contributed by atoms with van der Waals surface area (Å²) in [6.45, 7) is 8.44. The molecule has 2 N–H and O–H groups in total. The van der Waals surface area contributed by atoms with Crippen LogP contribution >= 0.6 is 0 Å². The van der Waals surface area contributed by atoms with Gasteiger partial charge in [0.2, 0.25) is 0 Å². The van der Waals surface area contributed by atoms with E-state index in [1.54, 1.807) is 0 Å². The van der Waals surface area contributed by atoms with Crippen LogP contribution in [0.3, 0.4) is 0 Å². The molecular formula is C20H24N4. The summed E-state index contributed by atoms with van der Waals surface area (Å²) in [7, 11) is 0. The average Bonchev–Trinajstić information content (AvgIpc) is 2.81. The SMILES string of the molecule is Cc1cc(C)c(-n2c3c(c4c(N)nc(C)nc42)CCCC3)c(C)c1. The molecule has 4 heteroatoms. The Kier molecular flexibility index (Phi) is 3.37. The summed E-state index contributed by atoms with van der Waals surface area (Å²) < 4.78 is 2.36. The summed E-state index contributed by atoms with van der Waals surface area (Å²) in [4.78, 5) is 9.22. The zero-order chi connectivity index (χ0) is 17.0. The van der Waals surface area contributed by atoms with Crippen molar-refractivity contribution < 1.29 is 0 Å². The number of aryl methyl sites for hydroxylation is 5. The van der Waals surface area contributed by atoms with Crippen LogP contribution in [0.2, 0.25) is 0 Å². The number of nitrogens with two attached hydrogens (primary N) is 1. The van der Waals surface area contributed by atoms with Crippen molar-refractivity contribution in [3.63, 3.8) is 0 Å². The zero-order valence-corrected chi connectivity index (χ0v) is 14.9. The van der Waals surface area contributed by atoms with Gasteiger partial charge in [0.15, 0.2) is 5.65 Å². The first-order valence-corrected chi connectivity index (χ1v) is 8.72. The lowest BCUT2D eigenvalue weighted by Crippen LogP contribution is -2.10. The molecular weight excluding hydrogens is 296 g/mol. The van der Waals surface area contributed by atoms with Crippen molar-refractivity contribution in [2.45, 2.75) is 53.4 Å². The van der Waals surface area contributed by atoms with Gasteiger partial charge in [0.1, 0.15) is 11.6 Å². The molecule has 0 radical (unpaired) electrons. The molecule has 0 spiro atoms. The third-order valence-electron chi connectivity index (χ3n) is 5.11. The van der Waals surface area contributed by atoms with Crippen molar-refractivity contribution in [1.82, 2.24) is 14.5 Å². The number of anilines is 1. The standard InChI is InChI=1S/C20H24N4/c1-11-9-12(2)18(13(3)10-11)24-16-8-6-5-7-15(16)17-19(21)22-14(4)23-20(17)24/h9-10H,5-8H2,1-4H3,(H2,21,22,23). The van der Waals surface area contributed by atoms with Crippen LogP contribution in [-0.4, -0.2) is 14.5 Å². The van der Waals surface area contributed by atoms with Gasteiger partial charge in [-0.25, -0.2) is 9.97 Å². The molecule has 24 heavy (non-hydrogen) atoms. The van der Waals surface area contributed by atoms with Crippen LogP contribution in [0.4, 0.5) is 5.82 Å². The van der Waals surface area contributed by atoms with Crippen LogP contribution < -0.4 is 5.73 Å². The molecule has 124 valence electrons. The van der Waals surface area contributed by atoms with E-state index < -0.39 is 0 Å². The molecule has 0 amide bonds. The maximum atomic E-state index is 6.31. The Labute approximate surface area is 142 Å². The first kappa shape index (κ1) is 15.2. The van der Waals surface area contributed by atoms with E-state index in [0.29, 0.717) is 5.82 Å². The van der Waals surface area contributed by atoms with Crippen LogP contribution in [0.25, 0.3) is 16.7 Å². The van der Waals surface area contributed by atoms with Crippen molar-refractivity contribution >= 4 is 16.9 Å². The first-order chi connectivity index (χ1) is 11.5. The van der Waals surface area contributed by atoms with Gasteiger partial charge in [-0.15, -0.1) is 0 Å². The van der Waals surface area contributed by atoms with Gasteiger partial charge in [0.25, 0.3) is 0 Å². The highest BCUT2D eigenvalue weighted by Gasteiger charge is 2.25. The van der Waals surface area contributed by atoms with Gasteiger partial charge in [0.05, 0.1) is 11.1 Å². The largest absolute Gasteiger partial charge is 0.383 e. The predicted octanol–water partition coefficient (Wildman–Crippen LogP) is 4.12. The molecule has 2 aromatic heterocycles.